The zero-order valence-electron chi connectivity index (χ0n) is 13.5. The molecule has 0 bridgehead atoms. The summed E-state index contributed by atoms with van der Waals surface area (Å²) < 4.78 is 168. The van der Waals surface area contributed by atoms with Crippen LogP contribution < -0.4 is 5.32 Å². The van der Waals surface area contributed by atoms with Crippen LogP contribution in [0.2, 0.25) is 0 Å². The van der Waals surface area contributed by atoms with Crippen LogP contribution in [0, 0.1) is 6.92 Å². The third-order valence-corrected chi connectivity index (χ3v) is 3.46. The summed E-state index contributed by atoms with van der Waals surface area (Å²) in [6.45, 7) is 1.05. The molecule has 0 aromatic carbocycles. The molecular formula is C13H7F13N2O. The van der Waals surface area contributed by atoms with Gasteiger partial charge in [-0.3, -0.25) is 4.79 Å². The van der Waals surface area contributed by atoms with Crippen molar-refractivity contribution in [2.24, 2.45) is 0 Å². The summed E-state index contributed by atoms with van der Waals surface area (Å²) in [6, 6.07) is 2.19. The molecule has 0 unspecified atom stereocenters. The van der Waals surface area contributed by atoms with E-state index >= 15 is 0 Å². The van der Waals surface area contributed by atoms with Crippen molar-refractivity contribution in [2.45, 2.75) is 42.7 Å². The normalized spacial score (nSPS) is 14.7. The molecule has 1 rings (SSSR count). The number of aromatic nitrogens is 1. The zero-order chi connectivity index (χ0) is 23.3. The van der Waals surface area contributed by atoms with Gasteiger partial charge in [-0.15, -0.1) is 0 Å². The van der Waals surface area contributed by atoms with Gasteiger partial charge in [0.1, 0.15) is 5.82 Å². The van der Waals surface area contributed by atoms with Crippen molar-refractivity contribution in [3.05, 3.63) is 23.9 Å². The van der Waals surface area contributed by atoms with Crippen molar-refractivity contribution in [1.29, 1.82) is 0 Å². The molecule has 0 saturated heterocycles. The van der Waals surface area contributed by atoms with Gasteiger partial charge in [0.25, 0.3) is 0 Å². The Balaban J connectivity index is 3.42. The number of amides is 1. The molecule has 0 atom stereocenters. The Morgan fingerprint density at radius 1 is 0.793 bits per heavy atom. The van der Waals surface area contributed by atoms with Crippen LogP contribution in [0.3, 0.4) is 0 Å². The average Bonchev–Trinajstić information content (AvgIpc) is 2.55. The van der Waals surface area contributed by atoms with Crippen LogP contribution in [0.25, 0.3) is 0 Å². The highest BCUT2D eigenvalue weighted by molar-refractivity contribution is 5.96. The van der Waals surface area contributed by atoms with Crippen LogP contribution in [0.1, 0.15) is 5.56 Å². The number of anilines is 1. The second-order valence-corrected chi connectivity index (χ2v) is 5.49. The molecular weight excluding hydrogens is 447 g/mol. The van der Waals surface area contributed by atoms with Crippen LogP contribution in [-0.2, 0) is 4.79 Å². The SMILES string of the molecule is Cc1cccnc1NC(=O)C(F)(F)C(F)(F)C(F)(F)C(F)(F)C(F)(F)C(F)(F)F. The molecule has 29 heavy (non-hydrogen) atoms. The van der Waals surface area contributed by atoms with E-state index in [-0.39, 0.29) is 5.56 Å². The molecule has 0 fully saturated rings. The van der Waals surface area contributed by atoms with Crippen LogP contribution in [-0.4, -0.2) is 46.7 Å². The van der Waals surface area contributed by atoms with E-state index in [2.05, 4.69) is 4.98 Å². The summed E-state index contributed by atoms with van der Waals surface area (Å²) in [4.78, 5) is 14.5. The summed E-state index contributed by atoms with van der Waals surface area (Å²) in [5, 5.41) is 0.881. The van der Waals surface area contributed by atoms with Gasteiger partial charge in [-0.2, -0.15) is 57.1 Å². The first-order valence-corrected chi connectivity index (χ1v) is 6.85. The number of carbonyl (C=O) groups excluding carboxylic acids is 1. The van der Waals surface area contributed by atoms with Gasteiger partial charge >= 0.3 is 41.7 Å². The first-order chi connectivity index (χ1) is 12.7. The minimum atomic E-state index is -8.06. The summed E-state index contributed by atoms with van der Waals surface area (Å²) in [6.07, 6.45) is -6.72. The van der Waals surface area contributed by atoms with Crippen molar-refractivity contribution in [1.82, 2.24) is 4.98 Å². The fraction of sp³-hybridized carbons (Fsp3) is 0.538. The molecule has 0 aliphatic carbocycles. The lowest BCUT2D eigenvalue weighted by Gasteiger charge is -2.39. The van der Waals surface area contributed by atoms with E-state index in [9.17, 15) is 61.9 Å². The maximum absolute atomic E-state index is 13.6. The minimum absolute atomic E-state index is 0.208. The molecule has 1 aromatic heterocycles. The third kappa shape index (κ3) is 3.56. The minimum Gasteiger partial charge on any atom is -0.305 e. The van der Waals surface area contributed by atoms with Gasteiger partial charge in [0.2, 0.25) is 0 Å². The number of aryl methyl sites for hydroxylation is 1. The molecule has 0 radical (unpaired) electrons. The molecule has 1 aromatic rings. The molecule has 166 valence electrons. The zero-order valence-corrected chi connectivity index (χ0v) is 13.5. The number of hydrogen-bond donors (Lipinski definition) is 1. The van der Waals surface area contributed by atoms with Gasteiger partial charge in [0, 0.05) is 6.20 Å². The second-order valence-electron chi connectivity index (χ2n) is 5.49. The first kappa shape index (κ1) is 24.7. The molecule has 0 saturated carbocycles. The summed E-state index contributed by atoms with van der Waals surface area (Å²) in [7, 11) is 0. The average molecular weight is 454 g/mol. The van der Waals surface area contributed by atoms with Gasteiger partial charge in [-0.05, 0) is 18.6 Å². The monoisotopic (exact) mass is 454 g/mol. The summed E-state index contributed by atoms with van der Waals surface area (Å²) in [5.74, 6) is -42.8. The van der Waals surface area contributed by atoms with Crippen LogP contribution in [0.4, 0.5) is 62.9 Å². The molecule has 0 spiro atoms. The molecule has 0 aliphatic rings. The van der Waals surface area contributed by atoms with Gasteiger partial charge in [0.05, 0.1) is 0 Å². The maximum atomic E-state index is 13.6. The Bertz CT molecular complexity index is 772. The van der Waals surface area contributed by atoms with Crippen LogP contribution in [0.5, 0.6) is 0 Å². The largest absolute Gasteiger partial charge is 0.460 e. The number of alkyl halides is 13. The Hall–Kier alpha value is -2.29. The van der Waals surface area contributed by atoms with Gasteiger partial charge in [-0.25, -0.2) is 4.98 Å². The first-order valence-electron chi connectivity index (χ1n) is 6.85. The van der Waals surface area contributed by atoms with Crippen molar-refractivity contribution in [2.75, 3.05) is 5.32 Å². The highest BCUT2D eigenvalue weighted by Crippen LogP contribution is 2.60. The van der Waals surface area contributed by atoms with Crippen LogP contribution >= 0.6 is 0 Å². The molecule has 1 heterocycles. The fourth-order valence-electron chi connectivity index (χ4n) is 1.71. The third-order valence-electron chi connectivity index (χ3n) is 3.46. The predicted octanol–water partition coefficient (Wildman–Crippen LogP) is 5.07. The standard InChI is InChI=1S/C13H7F13N2O/c1-5-3-2-4-27-6(5)28-7(29)8(14,15)9(16,17)10(18,19)11(20,21)12(22,23)13(24,25)26/h2-4H,1H3,(H,27,28,29). The number of nitrogens with zero attached hydrogens (tertiary/aromatic N) is 1. The Kier molecular flexibility index (Phi) is 5.89. The number of pyridine rings is 1. The predicted molar refractivity (Wildman–Crippen MR) is 68.4 cm³/mol. The number of rotatable bonds is 6. The smallest absolute Gasteiger partial charge is 0.305 e. The van der Waals surface area contributed by atoms with E-state index in [1.807, 2.05) is 0 Å². The molecule has 3 nitrogen and oxygen atoms in total. The maximum Gasteiger partial charge on any atom is 0.460 e. The highest BCUT2D eigenvalue weighted by atomic mass is 19.4. The van der Waals surface area contributed by atoms with Crippen molar-refractivity contribution >= 4 is 11.7 Å². The summed E-state index contributed by atoms with van der Waals surface area (Å²) >= 11 is 0. The van der Waals surface area contributed by atoms with E-state index in [1.54, 1.807) is 0 Å². The Labute approximate surface area is 151 Å². The van der Waals surface area contributed by atoms with Crippen molar-refractivity contribution in [3.8, 4) is 0 Å². The van der Waals surface area contributed by atoms with E-state index in [0.717, 1.165) is 30.6 Å². The van der Waals surface area contributed by atoms with Gasteiger partial charge in [-0.1, -0.05) is 6.07 Å². The van der Waals surface area contributed by atoms with Crippen molar-refractivity contribution in [3.63, 3.8) is 0 Å². The molecule has 16 heteroatoms. The molecule has 1 N–H and O–H groups in total. The quantitative estimate of drug-likeness (QED) is 0.611. The lowest BCUT2D eigenvalue weighted by Crippen LogP contribution is -2.71. The molecule has 1 amide bonds. The number of halogens is 13. The van der Waals surface area contributed by atoms with E-state index in [4.69, 9.17) is 0 Å². The lowest BCUT2D eigenvalue weighted by atomic mass is 9.93. The van der Waals surface area contributed by atoms with E-state index in [1.165, 1.54) is 0 Å². The lowest BCUT2D eigenvalue weighted by molar-refractivity contribution is -0.435. The van der Waals surface area contributed by atoms with E-state index < -0.39 is 47.5 Å². The van der Waals surface area contributed by atoms with Crippen molar-refractivity contribution < 1.29 is 61.9 Å². The van der Waals surface area contributed by atoms with Gasteiger partial charge < -0.3 is 5.32 Å². The Morgan fingerprint density at radius 3 is 1.66 bits per heavy atom. The number of nitrogens with one attached hydrogen (secondary N) is 1. The fourth-order valence-corrected chi connectivity index (χ4v) is 1.71. The van der Waals surface area contributed by atoms with Crippen LogP contribution in [0.15, 0.2) is 18.3 Å². The number of carbonyl (C=O) groups is 1. The second kappa shape index (κ2) is 6.90. The topological polar surface area (TPSA) is 42.0 Å². The highest BCUT2D eigenvalue weighted by Gasteiger charge is 2.91. The Morgan fingerprint density at radius 2 is 1.24 bits per heavy atom. The number of hydrogen-bond acceptors (Lipinski definition) is 2. The van der Waals surface area contributed by atoms with E-state index in [0.29, 0.717) is 0 Å². The summed E-state index contributed by atoms with van der Waals surface area (Å²) in [5.41, 5.74) is -0.208. The van der Waals surface area contributed by atoms with Gasteiger partial charge in [0.15, 0.2) is 0 Å². The molecule has 0 aliphatic heterocycles.